The summed E-state index contributed by atoms with van der Waals surface area (Å²) in [4.78, 5) is 40.4. The number of piperidine rings is 1. The molecular weight excluding hydrogens is 783 g/mol. The van der Waals surface area contributed by atoms with Crippen molar-refractivity contribution < 1.29 is 14.3 Å². The maximum absolute atomic E-state index is 15.1. The number of halogens is 3. The highest BCUT2D eigenvalue weighted by Gasteiger charge is 2.32. The summed E-state index contributed by atoms with van der Waals surface area (Å²) in [5.74, 6) is 7.02. The molecule has 6 aromatic rings. The predicted molar refractivity (Wildman–Crippen MR) is 229 cm³/mol. The monoisotopic (exact) mass is 824 g/mol. The lowest BCUT2D eigenvalue weighted by Gasteiger charge is -2.36. The molecule has 11 nitrogen and oxygen atoms in total. The van der Waals surface area contributed by atoms with Crippen molar-refractivity contribution in [3.8, 4) is 28.3 Å². The van der Waals surface area contributed by atoms with Gasteiger partial charge in [-0.2, -0.15) is 0 Å². The van der Waals surface area contributed by atoms with Crippen LogP contribution in [0.15, 0.2) is 91.3 Å². The van der Waals surface area contributed by atoms with Crippen LogP contribution >= 0.6 is 34.8 Å². The Morgan fingerprint density at radius 3 is 2.37 bits per heavy atom. The molecule has 4 N–H and O–H groups in total. The highest BCUT2D eigenvalue weighted by atomic mass is 35.5. The standard InChI is InChI=1S/C43H43Cl3N8O3/c1-26(32-13-10-28(44)22-34(32)46)53-25-48-39(27-8-4-3-5-9-27)41(53)38-33-14-11-29(45)23-35(33)50-40(38)42(55)54(47)37-24-31(57-2)12-15-36(37)51-20-16-30(17-21-51)49-43(56)52-18-6-7-19-52/h3-5,8-15,22-26,30,50H,6-7,16-21,47H2,1-2H3,(H,49,56)/t26-/m0/s1. The number of imidazole rings is 1. The number of rotatable bonds is 9. The van der Waals surface area contributed by atoms with Crippen molar-refractivity contribution in [1.82, 2.24) is 24.8 Å². The van der Waals surface area contributed by atoms with Gasteiger partial charge in [-0.3, -0.25) is 4.79 Å². The number of nitrogens with zero attached hydrogens (tertiary/aromatic N) is 5. The van der Waals surface area contributed by atoms with Crippen LogP contribution in [0.25, 0.3) is 33.4 Å². The first-order valence-corrected chi connectivity index (χ1v) is 20.2. The quantitative estimate of drug-likeness (QED) is 0.0758. The van der Waals surface area contributed by atoms with Gasteiger partial charge in [-0.05, 0) is 74.6 Å². The van der Waals surface area contributed by atoms with E-state index in [-0.39, 0.29) is 23.8 Å². The van der Waals surface area contributed by atoms with Gasteiger partial charge in [-0.15, -0.1) is 0 Å². The maximum Gasteiger partial charge on any atom is 0.317 e. The molecule has 57 heavy (non-hydrogen) atoms. The van der Waals surface area contributed by atoms with Gasteiger partial charge >= 0.3 is 6.03 Å². The fourth-order valence-corrected chi connectivity index (χ4v) is 8.79. The van der Waals surface area contributed by atoms with Crippen molar-refractivity contribution in [2.45, 2.75) is 44.7 Å². The number of ether oxygens (including phenoxy) is 1. The normalized spacial score (nSPS) is 15.3. The van der Waals surface area contributed by atoms with Gasteiger partial charge in [0.25, 0.3) is 5.91 Å². The number of nitrogens with one attached hydrogen (secondary N) is 2. The second-order valence-electron chi connectivity index (χ2n) is 14.6. The van der Waals surface area contributed by atoms with Gasteiger partial charge in [0.15, 0.2) is 0 Å². The van der Waals surface area contributed by atoms with Gasteiger partial charge in [0.2, 0.25) is 0 Å². The second kappa shape index (κ2) is 16.3. The molecule has 0 radical (unpaired) electrons. The number of likely N-dealkylation sites (tertiary alicyclic amines) is 1. The van der Waals surface area contributed by atoms with E-state index in [1.165, 1.54) is 5.01 Å². The Balaban J connectivity index is 1.20. The smallest absolute Gasteiger partial charge is 0.317 e. The van der Waals surface area contributed by atoms with Crippen LogP contribution in [0, 0.1) is 0 Å². The third-order valence-corrected chi connectivity index (χ3v) is 11.9. The topological polar surface area (TPSA) is 125 Å². The lowest BCUT2D eigenvalue weighted by molar-refractivity contribution is 0.0983. The Morgan fingerprint density at radius 2 is 1.65 bits per heavy atom. The van der Waals surface area contributed by atoms with Crippen LogP contribution < -0.4 is 25.8 Å². The van der Waals surface area contributed by atoms with E-state index < -0.39 is 5.91 Å². The van der Waals surface area contributed by atoms with Gasteiger partial charge in [0.1, 0.15) is 11.4 Å². The Morgan fingerprint density at radius 1 is 0.930 bits per heavy atom. The largest absolute Gasteiger partial charge is 0.497 e. The molecule has 0 bridgehead atoms. The lowest BCUT2D eigenvalue weighted by atomic mass is 9.99. The molecule has 2 saturated heterocycles. The van der Waals surface area contributed by atoms with Gasteiger partial charge in [-0.25, -0.2) is 20.6 Å². The number of hydrazine groups is 1. The van der Waals surface area contributed by atoms with Crippen molar-refractivity contribution in [2.75, 3.05) is 43.2 Å². The van der Waals surface area contributed by atoms with Gasteiger partial charge in [0, 0.05) is 75.4 Å². The van der Waals surface area contributed by atoms with Crippen LogP contribution in [0.1, 0.15) is 54.7 Å². The average Bonchev–Trinajstić information content (AvgIpc) is 4.00. The zero-order valence-corrected chi connectivity index (χ0v) is 33.9. The van der Waals surface area contributed by atoms with Crippen molar-refractivity contribution >= 4 is 69.0 Å². The number of urea groups is 1. The fraction of sp³-hybridized carbons (Fsp3) is 0.279. The Bertz CT molecular complexity index is 2440. The predicted octanol–water partition coefficient (Wildman–Crippen LogP) is 9.57. The number of carbonyl (C=O) groups is 2. The molecule has 0 aliphatic carbocycles. The first-order valence-electron chi connectivity index (χ1n) is 19.1. The lowest BCUT2D eigenvalue weighted by Crippen LogP contribution is -2.49. The van der Waals surface area contributed by atoms with Gasteiger partial charge in [0.05, 0.1) is 42.2 Å². The van der Waals surface area contributed by atoms with Gasteiger partial charge < -0.3 is 29.4 Å². The van der Waals surface area contributed by atoms with Crippen LogP contribution in [0.3, 0.4) is 0 Å². The number of benzene rings is 4. The highest BCUT2D eigenvalue weighted by Crippen LogP contribution is 2.43. The molecule has 14 heteroatoms. The van der Waals surface area contributed by atoms with Crippen molar-refractivity contribution in [3.05, 3.63) is 118 Å². The zero-order valence-electron chi connectivity index (χ0n) is 31.6. The van der Waals surface area contributed by atoms with E-state index >= 15 is 4.79 Å². The molecule has 2 aliphatic rings. The molecule has 1 atom stereocenters. The number of hydrogen-bond donors (Lipinski definition) is 3. The van der Waals surface area contributed by atoms with Crippen LogP contribution in [0.4, 0.5) is 16.2 Å². The van der Waals surface area contributed by atoms with Crippen LogP contribution in [0.2, 0.25) is 15.1 Å². The summed E-state index contributed by atoms with van der Waals surface area (Å²) in [6, 6.07) is 26.1. The summed E-state index contributed by atoms with van der Waals surface area (Å²) in [6.07, 6.45) is 5.36. The number of anilines is 2. The number of carbonyl (C=O) groups excluding carboxylic acids is 2. The number of hydrogen-bond acceptors (Lipinski definition) is 6. The molecule has 2 fully saturated rings. The summed E-state index contributed by atoms with van der Waals surface area (Å²) in [7, 11) is 1.58. The fourth-order valence-electron chi connectivity index (χ4n) is 8.05. The SMILES string of the molecule is COc1ccc(N2CCC(NC(=O)N3CCCC3)CC2)c(N(N)C(=O)c2[nH]c3cc(Cl)ccc3c2-c2c(-c3ccccc3)ncn2[C@@H](C)c2ccc(Cl)cc2Cl)c1. The minimum atomic E-state index is -0.483. The van der Waals surface area contributed by atoms with E-state index in [1.54, 1.807) is 37.7 Å². The molecule has 8 rings (SSSR count). The summed E-state index contributed by atoms with van der Waals surface area (Å²) >= 11 is 19.6. The number of nitrogens with two attached hydrogens (primary N) is 1. The summed E-state index contributed by atoms with van der Waals surface area (Å²) < 4.78 is 7.66. The second-order valence-corrected chi connectivity index (χ2v) is 15.8. The van der Waals surface area contributed by atoms with Crippen LogP contribution in [-0.4, -0.2) is 70.7 Å². The molecule has 294 valence electrons. The van der Waals surface area contributed by atoms with E-state index in [2.05, 4.69) is 15.2 Å². The third-order valence-electron chi connectivity index (χ3n) is 11.1. The van der Waals surface area contributed by atoms with E-state index in [1.807, 2.05) is 77.1 Å². The minimum absolute atomic E-state index is 0.00710. The summed E-state index contributed by atoms with van der Waals surface area (Å²) in [5.41, 5.74) is 5.81. The van der Waals surface area contributed by atoms with Gasteiger partial charge in [-0.1, -0.05) is 77.3 Å². The summed E-state index contributed by atoms with van der Waals surface area (Å²) in [5, 5.41) is 6.71. The Hall–Kier alpha value is -5.20. The highest BCUT2D eigenvalue weighted by molar-refractivity contribution is 6.35. The number of aromatic amines is 1. The van der Waals surface area contributed by atoms with Crippen molar-refractivity contribution in [2.24, 2.45) is 5.84 Å². The van der Waals surface area contributed by atoms with E-state index in [4.69, 9.17) is 50.4 Å². The third kappa shape index (κ3) is 7.64. The number of amides is 3. The van der Waals surface area contributed by atoms with Crippen LogP contribution in [0.5, 0.6) is 5.75 Å². The van der Waals surface area contributed by atoms with Crippen LogP contribution in [-0.2, 0) is 0 Å². The molecule has 3 amide bonds. The molecule has 2 aliphatic heterocycles. The molecule has 2 aromatic heterocycles. The first kappa shape index (κ1) is 38.7. The van der Waals surface area contributed by atoms with E-state index in [0.29, 0.717) is 62.1 Å². The van der Waals surface area contributed by atoms with Crippen molar-refractivity contribution in [1.29, 1.82) is 0 Å². The minimum Gasteiger partial charge on any atom is -0.497 e. The van der Waals surface area contributed by atoms with E-state index in [0.717, 1.165) is 61.0 Å². The molecule has 0 saturated carbocycles. The maximum atomic E-state index is 15.1. The zero-order chi connectivity index (χ0) is 39.8. The number of H-pyrrole nitrogens is 1. The first-order chi connectivity index (χ1) is 27.6. The molecule has 0 unspecified atom stereocenters. The molecule has 4 aromatic carbocycles. The average molecular weight is 826 g/mol. The number of fused-ring (bicyclic) bond motifs is 1. The number of methoxy groups -OCH3 is 1. The molecule has 4 heterocycles. The molecular formula is C43H43Cl3N8O3. The van der Waals surface area contributed by atoms with E-state index in [9.17, 15) is 4.79 Å². The Labute approximate surface area is 346 Å². The van der Waals surface area contributed by atoms with Crippen molar-refractivity contribution in [3.63, 3.8) is 0 Å². The number of aromatic nitrogens is 3. The molecule has 0 spiro atoms. The summed E-state index contributed by atoms with van der Waals surface area (Å²) in [6.45, 7) is 4.95. The Kier molecular flexibility index (Phi) is 11.1.